The molecule has 0 aromatic heterocycles. The van der Waals surface area contributed by atoms with Gasteiger partial charge in [0.05, 0.1) is 7.11 Å². The van der Waals surface area contributed by atoms with Gasteiger partial charge in [-0.05, 0) is 25.5 Å². The van der Waals surface area contributed by atoms with Crippen LogP contribution in [-0.2, 0) is 21.3 Å². The molecule has 0 radical (unpaired) electrons. The number of nitrogens with two attached hydrogens (primary N) is 1. The average molecular weight is 337 g/mol. The molecule has 3 N–H and O–H groups in total. The van der Waals surface area contributed by atoms with Crippen molar-refractivity contribution in [2.24, 2.45) is 5.73 Å². The number of methoxy groups -OCH3 is 1. The van der Waals surface area contributed by atoms with Crippen LogP contribution in [0, 0.1) is 0 Å². The molecule has 0 saturated heterocycles. The average Bonchev–Trinajstić information content (AvgIpc) is 2.46. The van der Waals surface area contributed by atoms with Gasteiger partial charge in [0.2, 0.25) is 10.0 Å². The fraction of sp³-hybridized carbons (Fsp3) is 0.538. The minimum Gasteiger partial charge on any atom is -0.495 e. The first kappa shape index (κ1) is 18.2. The van der Waals surface area contributed by atoms with Gasteiger partial charge in [-0.15, -0.1) is 0 Å². The maximum absolute atomic E-state index is 12.3. The van der Waals surface area contributed by atoms with Crippen LogP contribution in [0.1, 0.15) is 18.9 Å². The normalized spacial score (nSPS) is 11.6. The van der Waals surface area contributed by atoms with Gasteiger partial charge in [-0.3, -0.25) is 0 Å². The molecule has 120 valence electrons. The Morgan fingerprint density at radius 2 is 2.10 bits per heavy atom. The van der Waals surface area contributed by atoms with Gasteiger partial charge in [-0.2, -0.15) is 0 Å². The van der Waals surface area contributed by atoms with Gasteiger partial charge in [0.1, 0.15) is 10.6 Å². The molecule has 1 aromatic rings. The summed E-state index contributed by atoms with van der Waals surface area (Å²) in [5.41, 5.74) is 6.13. The van der Waals surface area contributed by atoms with Crippen LogP contribution in [0.15, 0.2) is 17.0 Å². The molecular formula is C13H21ClN2O4S. The van der Waals surface area contributed by atoms with Gasteiger partial charge in [-0.25, -0.2) is 13.1 Å². The van der Waals surface area contributed by atoms with E-state index in [0.717, 1.165) is 0 Å². The zero-order valence-corrected chi connectivity index (χ0v) is 13.8. The summed E-state index contributed by atoms with van der Waals surface area (Å²) in [6, 6.07) is 2.94. The smallest absolute Gasteiger partial charge is 0.244 e. The van der Waals surface area contributed by atoms with Gasteiger partial charge in [-0.1, -0.05) is 11.6 Å². The monoisotopic (exact) mass is 336 g/mol. The van der Waals surface area contributed by atoms with E-state index < -0.39 is 10.0 Å². The largest absolute Gasteiger partial charge is 0.495 e. The molecule has 1 rings (SSSR count). The van der Waals surface area contributed by atoms with Crippen molar-refractivity contribution < 1.29 is 17.9 Å². The van der Waals surface area contributed by atoms with Gasteiger partial charge < -0.3 is 15.2 Å². The first-order chi connectivity index (χ1) is 9.96. The molecule has 0 aliphatic heterocycles. The molecule has 0 fully saturated rings. The highest BCUT2D eigenvalue weighted by Crippen LogP contribution is 2.31. The highest BCUT2D eigenvalue weighted by atomic mass is 35.5. The van der Waals surface area contributed by atoms with E-state index in [0.29, 0.717) is 30.2 Å². The first-order valence-electron chi connectivity index (χ1n) is 6.60. The maximum Gasteiger partial charge on any atom is 0.244 e. The molecule has 8 heteroatoms. The Hall–Kier alpha value is -0.860. The molecule has 21 heavy (non-hydrogen) atoms. The van der Waals surface area contributed by atoms with Crippen LogP contribution >= 0.6 is 11.6 Å². The Labute approximate surface area is 130 Å². The zero-order chi connectivity index (χ0) is 15.9. The Morgan fingerprint density at radius 1 is 1.38 bits per heavy atom. The van der Waals surface area contributed by atoms with Crippen molar-refractivity contribution in [1.82, 2.24) is 4.72 Å². The molecule has 0 aliphatic carbocycles. The molecule has 0 bridgehead atoms. The fourth-order valence-electron chi connectivity index (χ4n) is 1.81. The van der Waals surface area contributed by atoms with Crippen molar-refractivity contribution >= 4 is 21.6 Å². The van der Waals surface area contributed by atoms with Crippen molar-refractivity contribution in [2.75, 3.05) is 26.9 Å². The molecule has 0 saturated carbocycles. The number of nitrogens with one attached hydrogen (secondary N) is 1. The van der Waals surface area contributed by atoms with Crippen LogP contribution in [-0.4, -0.2) is 35.3 Å². The zero-order valence-electron chi connectivity index (χ0n) is 12.2. The SMILES string of the molecule is CCOCCCNS(=O)(=O)c1cc(Cl)cc(CN)c1OC. The van der Waals surface area contributed by atoms with Crippen molar-refractivity contribution in [3.05, 3.63) is 22.7 Å². The standard InChI is InChI=1S/C13H21ClN2O4S/c1-3-20-6-4-5-16-21(17,18)12-8-11(14)7-10(9-15)13(12)19-2/h7-8,16H,3-6,9,15H2,1-2H3. The Balaban J connectivity index is 2.94. The van der Waals surface area contributed by atoms with Crippen molar-refractivity contribution in [2.45, 2.75) is 24.8 Å². The van der Waals surface area contributed by atoms with E-state index in [1.807, 2.05) is 6.92 Å². The number of benzene rings is 1. The highest BCUT2D eigenvalue weighted by molar-refractivity contribution is 7.89. The van der Waals surface area contributed by atoms with Crippen molar-refractivity contribution in [1.29, 1.82) is 0 Å². The molecule has 0 unspecified atom stereocenters. The summed E-state index contributed by atoms with van der Waals surface area (Å²) in [7, 11) is -2.32. The molecule has 6 nitrogen and oxygen atoms in total. The summed E-state index contributed by atoms with van der Waals surface area (Å²) < 4.78 is 37.5. The van der Waals surface area contributed by atoms with E-state index in [9.17, 15) is 8.42 Å². The lowest BCUT2D eigenvalue weighted by molar-refractivity contribution is 0.146. The van der Waals surface area contributed by atoms with Crippen molar-refractivity contribution in [3.8, 4) is 5.75 Å². The Morgan fingerprint density at radius 3 is 2.67 bits per heavy atom. The Kier molecular flexibility index (Phi) is 7.41. The number of halogens is 1. The molecule has 0 atom stereocenters. The van der Waals surface area contributed by atoms with Crippen LogP contribution in [0.4, 0.5) is 0 Å². The number of ether oxygens (including phenoxy) is 2. The predicted octanol–water partition coefficient (Wildman–Crippen LogP) is 1.51. The van der Waals surface area contributed by atoms with Gasteiger partial charge >= 0.3 is 0 Å². The quantitative estimate of drug-likeness (QED) is 0.667. The summed E-state index contributed by atoms with van der Waals surface area (Å²) in [5, 5.41) is 0.297. The van der Waals surface area contributed by atoms with E-state index >= 15 is 0 Å². The molecule has 0 heterocycles. The third-order valence-corrected chi connectivity index (χ3v) is 4.46. The number of rotatable bonds is 9. The first-order valence-corrected chi connectivity index (χ1v) is 8.46. The van der Waals surface area contributed by atoms with Crippen LogP contribution in [0.3, 0.4) is 0 Å². The van der Waals surface area contributed by atoms with Gasteiger partial charge in [0, 0.05) is 36.9 Å². The van der Waals surface area contributed by atoms with Crippen LogP contribution in [0.2, 0.25) is 5.02 Å². The number of hydrogen-bond acceptors (Lipinski definition) is 5. The summed E-state index contributed by atoms with van der Waals surface area (Å²) in [4.78, 5) is -0.00522. The maximum atomic E-state index is 12.3. The summed E-state index contributed by atoms with van der Waals surface area (Å²) >= 11 is 5.94. The second kappa shape index (κ2) is 8.55. The summed E-state index contributed by atoms with van der Waals surface area (Å²) in [5.74, 6) is 0.221. The molecule has 0 amide bonds. The number of hydrogen-bond donors (Lipinski definition) is 2. The molecule has 1 aromatic carbocycles. The van der Waals surface area contributed by atoms with Gasteiger partial charge in [0.15, 0.2) is 0 Å². The summed E-state index contributed by atoms with van der Waals surface area (Å²) in [6.07, 6.45) is 0.583. The molecule has 0 aliphatic rings. The fourth-order valence-corrected chi connectivity index (χ4v) is 3.42. The highest BCUT2D eigenvalue weighted by Gasteiger charge is 2.22. The van der Waals surface area contributed by atoms with E-state index in [4.69, 9.17) is 26.8 Å². The van der Waals surface area contributed by atoms with E-state index in [1.54, 1.807) is 6.07 Å². The van der Waals surface area contributed by atoms with Crippen LogP contribution in [0.5, 0.6) is 5.75 Å². The lowest BCUT2D eigenvalue weighted by Crippen LogP contribution is -2.26. The second-order valence-corrected chi connectivity index (χ2v) is 6.42. The summed E-state index contributed by atoms with van der Waals surface area (Å²) in [6.45, 7) is 3.40. The third-order valence-electron chi connectivity index (χ3n) is 2.77. The lowest BCUT2D eigenvalue weighted by Gasteiger charge is -2.14. The van der Waals surface area contributed by atoms with E-state index in [2.05, 4.69) is 4.72 Å². The Bertz CT molecular complexity index is 564. The number of sulfonamides is 1. The molecule has 0 spiro atoms. The molecular weight excluding hydrogens is 316 g/mol. The lowest BCUT2D eigenvalue weighted by atomic mass is 10.2. The van der Waals surface area contributed by atoms with Crippen molar-refractivity contribution in [3.63, 3.8) is 0 Å². The van der Waals surface area contributed by atoms with Gasteiger partial charge in [0.25, 0.3) is 0 Å². The predicted molar refractivity (Wildman–Crippen MR) is 82.2 cm³/mol. The minimum atomic E-state index is -3.72. The second-order valence-electron chi connectivity index (χ2n) is 4.25. The topological polar surface area (TPSA) is 90.7 Å². The van der Waals surface area contributed by atoms with Crippen LogP contribution < -0.4 is 15.2 Å². The third kappa shape index (κ3) is 5.12. The minimum absolute atomic E-state index is 0.00522. The van der Waals surface area contributed by atoms with Crippen LogP contribution in [0.25, 0.3) is 0 Å². The van der Waals surface area contributed by atoms with E-state index in [-0.39, 0.29) is 23.7 Å². The van der Waals surface area contributed by atoms with E-state index in [1.165, 1.54) is 13.2 Å².